The fourth-order valence-corrected chi connectivity index (χ4v) is 3.02. The monoisotopic (exact) mass is 287 g/mol. The summed E-state index contributed by atoms with van der Waals surface area (Å²) in [6.07, 6.45) is 0. The number of benzene rings is 1. The molecule has 1 fully saturated rings. The number of imide groups is 1. The van der Waals surface area contributed by atoms with E-state index >= 15 is 0 Å². The number of carbonyl (C=O) groups excluding carboxylic acids is 2. The maximum Gasteiger partial charge on any atom is 0.244 e. The van der Waals surface area contributed by atoms with Crippen molar-refractivity contribution in [3.8, 4) is 12.1 Å². The van der Waals surface area contributed by atoms with Crippen molar-refractivity contribution in [3.05, 3.63) is 35.9 Å². The predicted molar refractivity (Wildman–Crippen MR) is 70.2 cm³/mol. The van der Waals surface area contributed by atoms with Crippen LogP contribution in [0.2, 0.25) is 0 Å². The minimum Gasteiger partial charge on any atom is -0.294 e. The number of nitrogens with zero attached hydrogens (tertiary/aromatic N) is 2. The van der Waals surface area contributed by atoms with Gasteiger partial charge in [0.1, 0.15) is 11.8 Å². The van der Waals surface area contributed by atoms with E-state index in [0.29, 0.717) is 5.56 Å². The molecule has 1 heterocycles. The van der Waals surface area contributed by atoms with Gasteiger partial charge in [-0.2, -0.15) is 10.5 Å². The molecule has 1 N–H and O–H groups in total. The average Bonchev–Trinajstić information content (AvgIpc) is 2.47. The minimum atomic E-state index is -1.33. The van der Waals surface area contributed by atoms with E-state index in [1.165, 1.54) is 0 Å². The zero-order valence-electron chi connectivity index (χ0n) is 10.3. The lowest BCUT2D eigenvalue weighted by Crippen LogP contribution is -2.60. The van der Waals surface area contributed by atoms with E-state index in [1.807, 2.05) is 12.1 Å². The molecule has 0 aliphatic carbocycles. The van der Waals surface area contributed by atoms with E-state index in [2.05, 4.69) is 5.32 Å². The Morgan fingerprint density at radius 1 is 1.10 bits per heavy atom. The zero-order valence-corrected chi connectivity index (χ0v) is 11.1. The van der Waals surface area contributed by atoms with Crippen molar-refractivity contribution in [2.45, 2.75) is 5.41 Å². The molecule has 1 aliphatic rings. The molecule has 20 heavy (non-hydrogen) atoms. The van der Waals surface area contributed by atoms with Gasteiger partial charge in [0.25, 0.3) is 0 Å². The third-order valence-electron chi connectivity index (χ3n) is 3.59. The number of halogens is 1. The lowest BCUT2D eigenvalue weighted by atomic mass is 9.62. The van der Waals surface area contributed by atoms with Crippen molar-refractivity contribution in [2.75, 3.05) is 5.88 Å². The van der Waals surface area contributed by atoms with Gasteiger partial charge in [0.2, 0.25) is 11.8 Å². The minimum absolute atomic E-state index is 0.174. The highest BCUT2D eigenvalue weighted by Gasteiger charge is 2.57. The van der Waals surface area contributed by atoms with Crippen LogP contribution in [0.15, 0.2) is 30.3 Å². The van der Waals surface area contributed by atoms with Crippen LogP contribution < -0.4 is 5.32 Å². The molecule has 0 bridgehead atoms. The van der Waals surface area contributed by atoms with Crippen LogP contribution in [0.3, 0.4) is 0 Å². The molecule has 1 aliphatic heterocycles. The van der Waals surface area contributed by atoms with Gasteiger partial charge < -0.3 is 0 Å². The number of nitrogens with one attached hydrogen (secondary N) is 1. The molecule has 2 rings (SSSR count). The van der Waals surface area contributed by atoms with E-state index in [-0.39, 0.29) is 5.88 Å². The molecule has 0 aromatic heterocycles. The molecule has 1 saturated heterocycles. The van der Waals surface area contributed by atoms with Crippen LogP contribution in [0.5, 0.6) is 0 Å². The van der Waals surface area contributed by atoms with Crippen LogP contribution in [0.4, 0.5) is 0 Å². The van der Waals surface area contributed by atoms with Gasteiger partial charge in [0.15, 0.2) is 0 Å². The number of amides is 2. The van der Waals surface area contributed by atoms with Crippen LogP contribution in [0.1, 0.15) is 5.56 Å². The fraction of sp³-hybridized carbons (Fsp3) is 0.286. The maximum atomic E-state index is 11.9. The molecule has 2 amide bonds. The van der Waals surface area contributed by atoms with E-state index in [1.54, 1.807) is 30.3 Å². The lowest BCUT2D eigenvalue weighted by Gasteiger charge is -2.41. The highest BCUT2D eigenvalue weighted by molar-refractivity contribution is 6.20. The Balaban J connectivity index is 2.72. The highest BCUT2D eigenvalue weighted by atomic mass is 35.5. The fourth-order valence-electron chi connectivity index (χ4n) is 2.56. The largest absolute Gasteiger partial charge is 0.294 e. The Morgan fingerprint density at radius 3 is 2.00 bits per heavy atom. The molecule has 1 aromatic carbocycles. The summed E-state index contributed by atoms with van der Waals surface area (Å²) in [5.74, 6) is -3.98. The molecular weight excluding hydrogens is 278 g/mol. The topological polar surface area (TPSA) is 93.8 Å². The van der Waals surface area contributed by atoms with Crippen molar-refractivity contribution in [3.63, 3.8) is 0 Å². The molecule has 1 aromatic rings. The van der Waals surface area contributed by atoms with Crippen LogP contribution in [-0.2, 0) is 15.0 Å². The molecule has 2 unspecified atom stereocenters. The van der Waals surface area contributed by atoms with E-state index in [9.17, 15) is 20.1 Å². The molecule has 6 heteroatoms. The van der Waals surface area contributed by atoms with E-state index in [4.69, 9.17) is 11.6 Å². The number of hydrogen-bond donors (Lipinski definition) is 1. The SMILES string of the molecule is N#CC1C(=O)NC(=O)C(C#N)C1(CCl)c1ccccc1. The van der Waals surface area contributed by atoms with Crippen LogP contribution in [-0.4, -0.2) is 17.7 Å². The van der Waals surface area contributed by atoms with Crippen molar-refractivity contribution in [2.24, 2.45) is 11.8 Å². The Kier molecular flexibility index (Phi) is 3.74. The summed E-state index contributed by atoms with van der Waals surface area (Å²) in [5, 5.41) is 20.7. The third kappa shape index (κ3) is 1.84. The molecule has 100 valence electrons. The summed E-state index contributed by atoms with van der Waals surface area (Å²) in [4.78, 5) is 23.8. The Hall–Kier alpha value is -2.37. The lowest BCUT2D eigenvalue weighted by molar-refractivity contribution is -0.140. The first-order valence-corrected chi connectivity index (χ1v) is 6.40. The molecule has 2 atom stereocenters. The van der Waals surface area contributed by atoms with Crippen molar-refractivity contribution in [1.29, 1.82) is 10.5 Å². The summed E-state index contributed by atoms with van der Waals surface area (Å²) >= 11 is 6.01. The summed E-state index contributed by atoms with van der Waals surface area (Å²) in [6, 6.07) is 12.3. The van der Waals surface area contributed by atoms with Gasteiger partial charge in [-0.25, -0.2) is 0 Å². The van der Waals surface area contributed by atoms with E-state index < -0.39 is 29.1 Å². The Bertz CT molecular complexity index is 598. The first-order valence-electron chi connectivity index (χ1n) is 5.87. The zero-order chi connectivity index (χ0) is 14.8. The van der Waals surface area contributed by atoms with Crippen LogP contribution >= 0.6 is 11.6 Å². The first kappa shape index (κ1) is 14.0. The second kappa shape index (κ2) is 5.32. The van der Waals surface area contributed by atoms with Gasteiger partial charge in [0, 0.05) is 5.88 Å². The second-order valence-electron chi connectivity index (χ2n) is 4.52. The van der Waals surface area contributed by atoms with Gasteiger partial charge in [-0.3, -0.25) is 14.9 Å². The quantitative estimate of drug-likeness (QED) is 0.651. The number of alkyl halides is 1. The molecule has 5 nitrogen and oxygen atoms in total. The number of piperidine rings is 1. The number of rotatable bonds is 2. The molecule has 0 saturated carbocycles. The summed E-state index contributed by atoms with van der Waals surface area (Å²) in [5.41, 5.74) is -0.789. The molecule has 0 radical (unpaired) electrons. The van der Waals surface area contributed by atoms with Gasteiger partial charge in [-0.05, 0) is 5.56 Å². The van der Waals surface area contributed by atoms with E-state index in [0.717, 1.165) is 0 Å². The third-order valence-corrected chi connectivity index (χ3v) is 4.03. The first-order chi connectivity index (χ1) is 9.61. The number of nitriles is 2. The average molecular weight is 288 g/mol. The number of hydrogen-bond acceptors (Lipinski definition) is 4. The van der Waals surface area contributed by atoms with Gasteiger partial charge >= 0.3 is 0 Å². The van der Waals surface area contributed by atoms with Crippen molar-refractivity contribution >= 4 is 23.4 Å². The molecule has 0 spiro atoms. The summed E-state index contributed by atoms with van der Waals surface area (Å²) in [6.45, 7) is 0. The van der Waals surface area contributed by atoms with Crippen LogP contribution in [0.25, 0.3) is 0 Å². The summed E-state index contributed by atoms with van der Waals surface area (Å²) in [7, 11) is 0. The van der Waals surface area contributed by atoms with Crippen LogP contribution in [0, 0.1) is 34.5 Å². The number of carbonyl (C=O) groups is 2. The molecular formula is C14H10ClN3O2. The standard InChI is InChI=1S/C14H10ClN3O2/c15-8-14(9-4-2-1-3-5-9)10(6-16)12(19)18-13(20)11(14)7-17/h1-5,10-11H,8H2,(H,18,19,20). The van der Waals surface area contributed by atoms with Crippen molar-refractivity contribution < 1.29 is 9.59 Å². The maximum absolute atomic E-state index is 11.9. The van der Waals surface area contributed by atoms with Crippen molar-refractivity contribution in [1.82, 2.24) is 5.32 Å². The predicted octanol–water partition coefficient (Wildman–Crippen LogP) is 1.10. The Labute approximate surface area is 120 Å². The van der Waals surface area contributed by atoms with Gasteiger partial charge in [0.05, 0.1) is 17.6 Å². The highest BCUT2D eigenvalue weighted by Crippen LogP contribution is 2.43. The second-order valence-corrected chi connectivity index (χ2v) is 4.79. The summed E-state index contributed by atoms with van der Waals surface area (Å²) < 4.78 is 0. The Morgan fingerprint density at radius 2 is 1.60 bits per heavy atom. The normalized spacial score (nSPS) is 29.1. The van der Waals surface area contributed by atoms with Gasteiger partial charge in [-0.15, -0.1) is 11.6 Å². The van der Waals surface area contributed by atoms with Gasteiger partial charge in [-0.1, -0.05) is 30.3 Å². The smallest absolute Gasteiger partial charge is 0.244 e.